The van der Waals surface area contributed by atoms with E-state index in [1.165, 1.54) is 49.9 Å². The lowest BCUT2D eigenvalue weighted by atomic mass is 9.77. The van der Waals surface area contributed by atoms with Crippen LogP contribution in [0.2, 0.25) is 0 Å². The highest BCUT2D eigenvalue weighted by Crippen LogP contribution is 2.45. The van der Waals surface area contributed by atoms with Gasteiger partial charge in [0, 0.05) is 34.3 Å². The molecule has 3 aromatic heterocycles. The minimum atomic E-state index is -0.144. The highest BCUT2D eigenvalue weighted by molar-refractivity contribution is 6.10. The highest BCUT2D eigenvalue weighted by atomic mass is 16.5. The summed E-state index contributed by atoms with van der Waals surface area (Å²) in [6.45, 7) is 55.3. The average molecular weight is 1160 g/mol. The van der Waals surface area contributed by atoms with E-state index in [2.05, 4.69) is 321 Å². The molecule has 0 aliphatic carbocycles. The lowest BCUT2D eigenvalue weighted by molar-refractivity contribution is -0.589. The molecular formula is C81H97N5O. The standard InChI is InChI=1S/C81H97N5O/c1-74(2,3)53-31-34-69-68(46-53)67-33-32-64(49-70(67)86(69)71-47-54(35-36-82-71)75(4,5)6)87-63-28-25-27-61(48-63)85-50-84(62-44-59(80(19,20)21)43-60(45-62)81(22,23)24)73(83-85)72-65(51-37-55(76(7,8)9)41-56(38-51)77(10,11)12)29-26-30-66(72)52-39-57(78(13,14)15)42-58(40-52)79(16,17)18/h25-49H,1-24H3. The topological polar surface area (TPSA) is 48.8 Å². The largest absolute Gasteiger partial charge is 0.458 e. The highest BCUT2D eigenvalue weighted by Gasteiger charge is 2.31. The number of ether oxygens (including phenoxy) is 1. The average Bonchev–Trinajstić information content (AvgIpc) is 1.72. The maximum atomic E-state index is 7.02. The van der Waals surface area contributed by atoms with E-state index in [4.69, 9.17) is 14.8 Å². The third-order valence-corrected chi connectivity index (χ3v) is 17.5. The van der Waals surface area contributed by atoms with E-state index in [0.29, 0.717) is 5.75 Å². The van der Waals surface area contributed by atoms with E-state index >= 15 is 0 Å². The monoisotopic (exact) mass is 1160 g/mol. The minimum Gasteiger partial charge on any atom is -0.458 e. The molecule has 7 aromatic carbocycles. The molecule has 6 heteroatoms. The molecule has 0 unspecified atom stereocenters. The fourth-order valence-corrected chi connectivity index (χ4v) is 11.5. The van der Waals surface area contributed by atoms with Crippen LogP contribution in [-0.2, 0) is 43.3 Å². The number of pyridine rings is 1. The van der Waals surface area contributed by atoms with Gasteiger partial charge in [-0.3, -0.25) is 4.57 Å². The molecule has 0 N–H and O–H groups in total. The minimum absolute atomic E-state index is 0.0208. The maximum absolute atomic E-state index is 7.02. The normalized spacial score (nSPS) is 13.3. The summed E-state index contributed by atoms with van der Waals surface area (Å²) in [7, 11) is 0. The summed E-state index contributed by atoms with van der Waals surface area (Å²) in [5.74, 6) is 3.07. The molecule has 0 spiro atoms. The summed E-state index contributed by atoms with van der Waals surface area (Å²) in [6, 6.07) is 54.5. The van der Waals surface area contributed by atoms with E-state index in [9.17, 15) is 0 Å². The second kappa shape index (κ2) is 21.6. The van der Waals surface area contributed by atoms with Gasteiger partial charge < -0.3 is 9.30 Å². The number of nitrogens with zero attached hydrogens (tertiary/aromatic N) is 5. The van der Waals surface area contributed by atoms with Gasteiger partial charge in [0.25, 0.3) is 0 Å². The van der Waals surface area contributed by atoms with Gasteiger partial charge in [-0.2, -0.15) is 4.68 Å². The smallest absolute Gasteiger partial charge is 0.233 e. The Kier molecular flexibility index (Phi) is 15.5. The van der Waals surface area contributed by atoms with Crippen LogP contribution in [0.25, 0.3) is 72.6 Å². The van der Waals surface area contributed by atoms with Gasteiger partial charge in [0.2, 0.25) is 12.2 Å². The first kappa shape index (κ1) is 62.5. The van der Waals surface area contributed by atoms with Crippen molar-refractivity contribution in [1.82, 2.24) is 19.3 Å². The van der Waals surface area contributed by atoms with Gasteiger partial charge in [-0.1, -0.05) is 257 Å². The molecule has 0 aliphatic rings. The number of fused-ring (bicyclic) bond motifs is 3. The SMILES string of the molecule is CC(C)(C)c1cc(-c2cccc(-c3cc(C(C)(C)C)cc(C(C)(C)C)c3)c2-c2nn(-c3cccc(Oc4ccc5c6cc(C(C)(C)C)ccc6n(-c6cc(C(C)(C)C)ccn6)c5c4)c3)[c-][n+]2-c2cc(C(C)(C)C)cc(C(C)(C)C)c2)cc(C(C)(C)C)c1. The summed E-state index contributed by atoms with van der Waals surface area (Å²) in [5.41, 5.74) is 18.9. The number of aromatic nitrogens is 5. The third-order valence-electron chi connectivity index (χ3n) is 17.5. The quantitative estimate of drug-likeness (QED) is 0.113. The van der Waals surface area contributed by atoms with Gasteiger partial charge in [0.1, 0.15) is 17.3 Å². The summed E-state index contributed by atoms with van der Waals surface area (Å²) in [6.07, 6.45) is 5.85. The zero-order valence-electron chi connectivity index (χ0n) is 57.1. The Labute approximate surface area is 522 Å². The van der Waals surface area contributed by atoms with Gasteiger partial charge in [0.05, 0.1) is 16.7 Å². The van der Waals surface area contributed by atoms with Gasteiger partial charge in [0.15, 0.2) is 0 Å². The molecule has 10 rings (SSSR count). The first-order valence-electron chi connectivity index (χ1n) is 31.5. The van der Waals surface area contributed by atoms with Crippen molar-refractivity contribution in [3.63, 3.8) is 0 Å². The van der Waals surface area contributed by atoms with Crippen molar-refractivity contribution in [2.75, 3.05) is 0 Å². The van der Waals surface area contributed by atoms with Gasteiger partial charge >= 0.3 is 0 Å². The summed E-state index contributed by atoms with van der Waals surface area (Å²) in [4.78, 5) is 5.02. The van der Waals surface area contributed by atoms with Crippen molar-refractivity contribution in [2.45, 2.75) is 209 Å². The molecule has 0 aliphatic heterocycles. The molecule has 452 valence electrons. The van der Waals surface area contributed by atoms with Crippen LogP contribution in [0, 0.1) is 6.33 Å². The fourth-order valence-electron chi connectivity index (χ4n) is 11.5. The van der Waals surface area contributed by atoms with E-state index in [-0.39, 0.29) is 43.3 Å². The van der Waals surface area contributed by atoms with Crippen LogP contribution in [0.3, 0.4) is 0 Å². The summed E-state index contributed by atoms with van der Waals surface area (Å²) < 4.78 is 13.5. The second-order valence-corrected chi connectivity index (χ2v) is 33.0. The first-order chi connectivity index (χ1) is 40.1. The summed E-state index contributed by atoms with van der Waals surface area (Å²) in [5, 5.41) is 8.17. The van der Waals surface area contributed by atoms with Crippen LogP contribution < -0.4 is 9.30 Å². The van der Waals surface area contributed by atoms with Crippen molar-refractivity contribution in [2.24, 2.45) is 0 Å². The Morgan fingerprint density at radius 3 is 1.31 bits per heavy atom. The lowest BCUT2D eigenvalue weighted by Gasteiger charge is -2.28. The zero-order chi connectivity index (χ0) is 63.5. The van der Waals surface area contributed by atoms with Crippen LogP contribution in [0.15, 0.2) is 152 Å². The molecule has 0 radical (unpaired) electrons. The van der Waals surface area contributed by atoms with E-state index < -0.39 is 0 Å². The van der Waals surface area contributed by atoms with Gasteiger partial charge in [-0.25, -0.2) is 4.98 Å². The maximum Gasteiger partial charge on any atom is 0.233 e. The van der Waals surface area contributed by atoms with Crippen LogP contribution in [0.1, 0.15) is 211 Å². The van der Waals surface area contributed by atoms with Crippen molar-refractivity contribution in [1.29, 1.82) is 0 Å². The van der Waals surface area contributed by atoms with Crippen molar-refractivity contribution in [3.8, 4) is 62.3 Å². The molecule has 0 bridgehead atoms. The Hall–Kier alpha value is -7.57. The molecule has 6 nitrogen and oxygen atoms in total. The second-order valence-electron chi connectivity index (χ2n) is 33.0. The van der Waals surface area contributed by atoms with Gasteiger partial charge in [-0.15, -0.1) is 0 Å². The number of rotatable bonds is 8. The molecule has 0 saturated carbocycles. The molecule has 0 amide bonds. The lowest BCUT2D eigenvalue weighted by Crippen LogP contribution is -2.33. The third kappa shape index (κ3) is 12.9. The predicted octanol–water partition coefficient (Wildman–Crippen LogP) is 21.6. The molecule has 0 atom stereocenters. The Morgan fingerprint density at radius 2 is 0.828 bits per heavy atom. The predicted molar refractivity (Wildman–Crippen MR) is 368 cm³/mol. The Bertz CT molecular complexity index is 4060. The molecule has 3 heterocycles. The molecule has 10 aromatic rings. The van der Waals surface area contributed by atoms with Crippen molar-refractivity contribution >= 4 is 21.8 Å². The van der Waals surface area contributed by atoms with E-state index in [1.807, 2.05) is 16.9 Å². The molecule has 0 fully saturated rings. The van der Waals surface area contributed by atoms with Crippen LogP contribution >= 0.6 is 0 Å². The number of hydrogen-bond donors (Lipinski definition) is 0. The van der Waals surface area contributed by atoms with Gasteiger partial charge in [-0.05, 0) is 164 Å². The molecule has 0 saturated heterocycles. The fraction of sp³-hybridized carbons (Fsp3) is 0.395. The Morgan fingerprint density at radius 1 is 0.379 bits per heavy atom. The van der Waals surface area contributed by atoms with E-state index in [0.717, 1.165) is 73.0 Å². The Balaban J connectivity index is 1.23. The van der Waals surface area contributed by atoms with Crippen LogP contribution in [0.4, 0.5) is 0 Å². The zero-order valence-corrected chi connectivity index (χ0v) is 57.1. The molecular weight excluding hydrogens is 1060 g/mol. The van der Waals surface area contributed by atoms with Crippen LogP contribution in [0.5, 0.6) is 11.5 Å². The van der Waals surface area contributed by atoms with E-state index in [1.54, 1.807) is 0 Å². The van der Waals surface area contributed by atoms with Crippen LogP contribution in [-0.4, -0.2) is 19.3 Å². The molecule has 87 heavy (non-hydrogen) atoms. The number of hydrogen-bond acceptors (Lipinski definition) is 3. The summed E-state index contributed by atoms with van der Waals surface area (Å²) >= 11 is 0. The van der Waals surface area contributed by atoms with Crippen molar-refractivity contribution in [3.05, 3.63) is 203 Å². The van der Waals surface area contributed by atoms with Crippen molar-refractivity contribution < 1.29 is 9.30 Å². The first-order valence-corrected chi connectivity index (χ1v) is 31.5. The number of benzene rings is 7.